The van der Waals surface area contributed by atoms with E-state index < -0.39 is 5.60 Å². The number of nitrogens with one attached hydrogen (secondary N) is 1. The van der Waals surface area contributed by atoms with Crippen LogP contribution in [0.2, 0.25) is 0 Å². The second-order valence-electron chi connectivity index (χ2n) is 11.6. The molecule has 0 radical (unpaired) electrons. The van der Waals surface area contributed by atoms with E-state index in [0.29, 0.717) is 19.0 Å². The maximum atomic E-state index is 12.3. The molecule has 1 saturated heterocycles. The summed E-state index contributed by atoms with van der Waals surface area (Å²) < 4.78 is 5.51. The molecular weight excluding hydrogens is 486 g/mol. The van der Waals surface area contributed by atoms with Crippen molar-refractivity contribution in [2.24, 2.45) is 5.92 Å². The third-order valence-electron chi connectivity index (χ3n) is 7.11. The molecule has 6 heteroatoms. The maximum Gasteiger partial charge on any atom is 0.410 e. The average molecular weight is 534 g/mol. The molecule has 1 fully saturated rings. The summed E-state index contributed by atoms with van der Waals surface area (Å²) in [5.74, 6) is 0.531. The third-order valence-corrected chi connectivity index (χ3v) is 7.11. The van der Waals surface area contributed by atoms with Crippen molar-refractivity contribution in [1.82, 2.24) is 10.2 Å². The first-order valence-corrected chi connectivity index (χ1v) is 14.5. The van der Waals surface area contributed by atoms with Crippen molar-refractivity contribution < 1.29 is 14.3 Å². The van der Waals surface area contributed by atoms with Gasteiger partial charge in [-0.2, -0.15) is 0 Å². The zero-order chi connectivity index (χ0) is 28.4. The number of amides is 2. The van der Waals surface area contributed by atoms with Crippen molar-refractivity contribution in [1.29, 1.82) is 0 Å². The van der Waals surface area contributed by atoms with E-state index in [1.807, 2.05) is 26.8 Å². The molecule has 0 atom stereocenters. The van der Waals surface area contributed by atoms with Crippen LogP contribution in [-0.4, -0.2) is 55.2 Å². The van der Waals surface area contributed by atoms with Gasteiger partial charge < -0.3 is 19.9 Å². The Kier molecular flexibility index (Phi) is 11.0. The molecule has 39 heavy (non-hydrogen) atoms. The van der Waals surface area contributed by atoms with Crippen molar-refractivity contribution >= 4 is 23.8 Å². The lowest BCUT2D eigenvalue weighted by atomic mass is 9.97. The van der Waals surface area contributed by atoms with Crippen molar-refractivity contribution in [3.05, 3.63) is 59.7 Å². The van der Waals surface area contributed by atoms with Crippen LogP contribution in [-0.2, 0) is 9.53 Å². The van der Waals surface area contributed by atoms with Crippen LogP contribution < -0.4 is 10.2 Å². The molecule has 3 rings (SSSR count). The predicted octanol–water partition coefficient (Wildman–Crippen LogP) is 7.06. The molecule has 6 nitrogen and oxygen atoms in total. The first kappa shape index (κ1) is 30.3. The molecule has 212 valence electrons. The first-order chi connectivity index (χ1) is 18.6. The number of ether oxygens (including phenoxy) is 1. The molecule has 1 N–H and O–H groups in total. The van der Waals surface area contributed by atoms with Gasteiger partial charge in [0.25, 0.3) is 0 Å². The van der Waals surface area contributed by atoms with Gasteiger partial charge in [-0.25, -0.2) is 4.79 Å². The number of hydrogen-bond acceptors (Lipinski definition) is 4. The number of piperazine rings is 1. The molecule has 0 aromatic heterocycles. The minimum absolute atomic E-state index is 0.0311. The van der Waals surface area contributed by atoms with Crippen LogP contribution in [0, 0.1) is 12.8 Å². The summed E-state index contributed by atoms with van der Waals surface area (Å²) in [6.45, 7) is 15.8. The summed E-state index contributed by atoms with van der Waals surface area (Å²) in [7, 11) is 0. The molecule has 0 unspecified atom stereocenters. The van der Waals surface area contributed by atoms with Crippen LogP contribution >= 0.6 is 0 Å². The number of anilines is 1. The molecule has 0 saturated carbocycles. The summed E-state index contributed by atoms with van der Waals surface area (Å²) in [6, 6.07) is 14.9. The number of carbonyl (C=O) groups excluding carboxylic acids is 2. The van der Waals surface area contributed by atoms with E-state index in [1.54, 1.807) is 11.0 Å². The molecule has 0 bridgehead atoms. The van der Waals surface area contributed by atoms with Crippen LogP contribution in [0.3, 0.4) is 0 Å². The van der Waals surface area contributed by atoms with Crippen LogP contribution in [0.25, 0.3) is 17.2 Å². The highest BCUT2D eigenvalue weighted by atomic mass is 16.6. The molecule has 1 heterocycles. The van der Waals surface area contributed by atoms with Gasteiger partial charge in [0.2, 0.25) is 5.91 Å². The van der Waals surface area contributed by atoms with Gasteiger partial charge >= 0.3 is 6.09 Å². The zero-order valence-corrected chi connectivity index (χ0v) is 24.8. The molecular formula is C33H47N3O3. The molecule has 1 aliphatic heterocycles. The molecule has 1 aliphatic rings. The lowest BCUT2D eigenvalue weighted by Crippen LogP contribution is -2.50. The Labute approximate surface area is 235 Å². The van der Waals surface area contributed by atoms with Crippen LogP contribution in [0.1, 0.15) is 71.4 Å². The Bertz CT molecular complexity index is 1100. The fourth-order valence-electron chi connectivity index (χ4n) is 5.08. The first-order valence-electron chi connectivity index (χ1n) is 14.5. The fourth-order valence-corrected chi connectivity index (χ4v) is 5.08. The Morgan fingerprint density at radius 2 is 1.62 bits per heavy atom. The second-order valence-corrected chi connectivity index (χ2v) is 11.6. The Balaban J connectivity index is 1.55. The Morgan fingerprint density at radius 3 is 2.18 bits per heavy atom. The number of rotatable bonds is 10. The summed E-state index contributed by atoms with van der Waals surface area (Å²) in [4.78, 5) is 28.8. The van der Waals surface area contributed by atoms with Gasteiger partial charge in [-0.05, 0) is 86.9 Å². The number of nitrogens with zero attached hydrogens (tertiary/aromatic N) is 2. The van der Waals surface area contributed by atoms with Crippen LogP contribution in [0.5, 0.6) is 0 Å². The second kappa shape index (κ2) is 14.2. The quantitative estimate of drug-likeness (QED) is 0.332. The average Bonchev–Trinajstić information content (AvgIpc) is 2.90. The zero-order valence-electron chi connectivity index (χ0n) is 24.8. The van der Waals surface area contributed by atoms with Gasteiger partial charge in [-0.15, -0.1) is 0 Å². The minimum Gasteiger partial charge on any atom is -0.444 e. The van der Waals surface area contributed by atoms with Gasteiger partial charge in [0.15, 0.2) is 0 Å². The lowest BCUT2D eigenvalue weighted by Gasteiger charge is -2.36. The van der Waals surface area contributed by atoms with Gasteiger partial charge in [0.1, 0.15) is 5.60 Å². The lowest BCUT2D eigenvalue weighted by molar-refractivity contribution is -0.116. The maximum absolute atomic E-state index is 12.3. The summed E-state index contributed by atoms with van der Waals surface area (Å²) in [5.41, 5.74) is 5.21. The normalized spacial score (nSPS) is 14.2. The molecule has 0 spiro atoms. The topological polar surface area (TPSA) is 61.9 Å². The number of carbonyl (C=O) groups is 2. The van der Waals surface area contributed by atoms with Crippen molar-refractivity contribution in [2.45, 2.75) is 72.8 Å². The van der Waals surface area contributed by atoms with E-state index in [4.69, 9.17) is 4.74 Å². The standard InChI is InChI=1S/C33H47N3O3/c1-7-9-27(10-8-2)24-34-31(37)18-12-26-11-17-30(25(3)23-26)28-13-15-29(16-14-28)35-19-21-36(22-20-35)32(38)39-33(4,5)6/h11-18,23,27H,7-10,19-22,24H2,1-6H3,(H,34,37)/b18-12+. The van der Waals surface area contributed by atoms with E-state index in [-0.39, 0.29) is 12.0 Å². The van der Waals surface area contributed by atoms with Crippen LogP contribution in [0.4, 0.5) is 10.5 Å². The highest BCUT2D eigenvalue weighted by Crippen LogP contribution is 2.28. The monoisotopic (exact) mass is 533 g/mol. The minimum atomic E-state index is -0.475. The number of benzene rings is 2. The van der Waals surface area contributed by atoms with E-state index in [1.165, 1.54) is 11.1 Å². The van der Waals surface area contributed by atoms with Crippen molar-refractivity contribution in [3.8, 4) is 11.1 Å². The van der Waals surface area contributed by atoms with Gasteiger partial charge in [0.05, 0.1) is 0 Å². The number of aryl methyl sites for hydroxylation is 1. The molecule has 0 aliphatic carbocycles. The van der Waals surface area contributed by atoms with E-state index >= 15 is 0 Å². The van der Waals surface area contributed by atoms with Gasteiger partial charge in [-0.1, -0.05) is 57.0 Å². The van der Waals surface area contributed by atoms with Gasteiger partial charge in [-0.3, -0.25) is 4.79 Å². The number of hydrogen-bond donors (Lipinski definition) is 1. The van der Waals surface area contributed by atoms with E-state index in [0.717, 1.165) is 62.1 Å². The Morgan fingerprint density at radius 1 is 0.974 bits per heavy atom. The Hall–Kier alpha value is -3.28. The highest BCUT2D eigenvalue weighted by Gasteiger charge is 2.26. The van der Waals surface area contributed by atoms with Crippen molar-refractivity contribution in [3.63, 3.8) is 0 Å². The van der Waals surface area contributed by atoms with E-state index in [2.05, 4.69) is 73.5 Å². The van der Waals surface area contributed by atoms with Crippen molar-refractivity contribution in [2.75, 3.05) is 37.6 Å². The highest BCUT2D eigenvalue weighted by molar-refractivity contribution is 5.91. The van der Waals surface area contributed by atoms with Gasteiger partial charge in [0, 0.05) is 44.5 Å². The summed E-state index contributed by atoms with van der Waals surface area (Å²) >= 11 is 0. The summed E-state index contributed by atoms with van der Waals surface area (Å²) in [6.07, 6.45) is 7.91. The third kappa shape index (κ3) is 9.45. The SMILES string of the molecule is CCCC(CCC)CNC(=O)/C=C/c1ccc(-c2ccc(N3CCN(C(=O)OC(C)(C)C)CC3)cc2)c(C)c1. The smallest absolute Gasteiger partial charge is 0.410 e. The molecule has 2 aromatic carbocycles. The molecule has 2 amide bonds. The molecule has 2 aromatic rings. The predicted molar refractivity (Wildman–Crippen MR) is 162 cm³/mol. The largest absolute Gasteiger partial charge is 0.444 e. The summed E-state index contributed by atoms with van der Waals surface area (Å²) in [5, 5.41) is 3.07. The fraction of sp³-hybridized carbons (Fsp3) is 0.515. The van der Waals surface area contributed by atoms with E-state index in [9.17, 15) is 9.59 Å². The van der Waals surface area contributed by atoms with Crippen LogP contribution in [0.15, 0.2) is 48.5 Å².